The number of nitrogens with one attached hydrogen (secondary N) is 3. The Kier molecular flexibility index (Phi) is 33.7. The van der Waals surface area contributed by atoms with Crippen molar-refractivity contribution in [3.05, 3.63) is 130 Å². The van der Waals surface area contributed by atoms with Crippen LogP contribution in [0.15, 0.2) is 124 Å². The lowest BCUT2D eigenvalue weighted by Crippen LogP contribution is -2.51. The van der Waals surface area contributed by atoms with Gasteiger partial charge >= 0.3 is 6.03 Å². The van der Waals surface area contributed by atoms with Crippen molar-refractivity contribution in [3.63, 3.8) is 0 Å². The van der Waals surface area contributed by atoms with Gasteiger partial charge in [-0.2, -0.15) is 0 Å². The third-order valence-corrected chi connectivity index (χ3v) is 28.6. The fourth-order valence-electron chi connectivity index (χ4n) is 21.2. The summed E-state index contributed by atoms with van der Waals surface area (Å²) in [6, 6.07) is 34.9. The largest absolute Gasteiger partial charge is 0.484 e. The lowest BCUT2D eigenvalue weighted by Gasteiger charge is -2.41. The summed E-state index contributed by atoms with van der Waals surface area (Å²) in [7, 11) is 0. The zero-order valence-electron chi connectivity index (χ0n) is 70.4. The van der Waals surface area contributed by atoms with Crippen LogP contribution in [0.4, 0.5) is 4.79 Å². The van der Waals surface area contributed by atoms with Gasteiger partial charge in [0.2, 0.25) is 5.91 Å². The van der Waals surface area contributed by atoms with Gasteiger partial charge in [0.05, 0.1) is 24.3 Å². The second-order valence-corrected chi connectivity index (χ2v) is 37.7. The third kappa shape index (κ3) is 26.0. The molecule has 8 fully saturated rings. The number of nitrogens with two attached hydrogens (primary N) is 2. The number of aliphatic imine (C=N–C) groups is 2. The molecule has 6 amide bonds. The average molecular weight is 1660 g/mol. The molecule has 3 unspecified atom stereocenters. The summed E-state index contributed by atoms with van der Waals surface area (Å²) in [5, 5.41) is 14.8. The average Bonchev–Trinajstić information content (AvgIpc) is 1.58. The number of benzene rings is 4. The number of guanidine groups is 2. The van der Waals surface area contributed by atoms with Crippen LogP contribution in [-0.4, -0.2) is 143 Å². The fraction of sp³-hybridized carbons (Fsp3) is 0.667. The molecule has 10 aliphatic rings. The van der Waals surface area contributed by atoms with Crippen LogP contribution >= 0.6 is 15.9 Å². The van der Waals surface area contributed by atoms with E-state index in [0.717, 1.165) is 141 Å². The highest BCUT2D eigenvalue weighted by molar-refractivity contribution is 9.10. The molecular formula is C96H141BrN12O7. The molecule has 3 atom stereocenters. The van der Waals surface area contributed by atoms with E-state index < -0.39 is 5.54 Å². The molecule has 19 nitrogen and oxygen atoms in total. The van der Waals surface area contributed by atoms with E-state index in [2.05, 4.69) is 38.4 Å². The number of nitrogens with zero attached hydrogens (tertiary/aromatic N) is 7. The number of carbonyl (C=O) groups excluding carboxylic acids is 5. The predicted octanol–water partition coefficient (Wildman–Crippen LogP) is 19.2. The van der Waals surface area contributed by atoms with Gasteiger partial charge in [-0.3, -0.25) is 34.4 Å². The number of halogens is 1. The van der Waals surface area contributed by atoms with Crippen molar-refractivity contribution in [1.82, 2.24) is 35.1 Å². The molecule has 0 aromatic heterocycles. The van der Waals surface area contributed by atoms with Crippen LogP contribution in [0, 0.1) is 52.2 Å². The van der Waals surface area contributed by atoms with Gasteiger partial charge in [0, 0.05) is 69.8 Å². The predicted molar refractivity (Wildman–Crippen MR) is 469 cm³/mol. The Morgan fingerprint density at radius 2 is 1.00 bits per heavy atom. The molecule has 20 heteroatoms. The Bertz CT molecular complexity index is 3780. The summed E-state index contributed by atoms with van der Waals surface area (Å²) >= 11 is 3.59. The molecule has 634 valence electrons. The quantitative estimate of drug-likeness (QED) is 0.0298. The highest BCUT2D eigenvalue weighted by Crippen LogP contribution is 2.48. The summed E-state index contributed by atoms with van der Waals surface area (Å²) < 4.78 is 12.3. The maximum Gasteiger partial charge on any atom is 0.315 e. The normalized spacial score (nSPS) is 23.9. The molecule has 5 aliphatic heterocycles. The van der Waals surface area contributed by atoms with Crippen molar-refractivity contribution in [2.24, 2.45) is 68.3 Å². The molecular weight excluding hydrogens is 1510 g/mol. The second-order valence-electron chi connectivity index (χ2n) is 36.8. The minimum absolute atomic E-state index is 0.00740. The first kappa shape index (κ1) is 87.8. The number of hydrogen-bond donors (Lipinski definition) is 5. The summed E-state index contributed by atoms with van der Waals surface area (Å²) in [6.07, 6.45) is 49.9. The van der Waals surface area contributed by atoms with Crippen LogP contribution in [0.3, 0.4) is 0 Å². The van der Waals surface area contributed by atoms with Gasteiger partial charge in [-0.25, -0.2) is 14.8 Å². The van der Waals surface area contributed by atoms with Gasteiger partial charge in [0.15, 0.2) is 30.7 Å². The standard InChI is InChI=1S/C33H51N3O2.C32H51N5O2.C31H39BrN4O3/c34-31-23-33(22-28-12-6-2-7-13-28,19-16-27-10-4-1-5-11-27)26-36(31)24-29-17-20-35(21-18-29)32(37)25-38-30-14-8-3-9-15-30;1-2-3-20-34-31(39)35-23-27-14-16-28(17-15-27)24-37-29(38)22-32(36-30(37)33,21-26-12-8-5-9-13-26)19-18-25-10-6-4-7-11-25;32-26-11-7-10-25(20-26)31(17-14-23-8-3-1-4-9-23)29(38)36(30(33)34-31)21-24-15-18-35(19-16-24)28(37)22-39-27-12-5-2-6-13-27/h3,8-9,14-15,27-29,34H,1-2,4-7,10-13,16-26H2;14-17,25-26H,2-13,18-24H2,1H3,(H2,33,36)(H2,34,35,39);2,5-7,10-13,20,23-24H,1,3-4,8-9,14-19,21-22H2,(H2,33,34). The number of urea groups is 1. The first-order chi connectivity index (χ1) is 56.5. The van der Waals surface area contributed by atoms with Crippen molar-refractivity contribution in [3.8, 4) is 11.5 Å². The van der Waals surface area contributed by atoms with Crippen molar-refractivity contribution < 1.29 is 33.4 Å². The number of ether oxygens (including phenoxy) is 2. The zero-order valence-corrected chi connectivity index (χ0v) is 72.0. The van der Waals surface area contributed by atoms with Gasteiger partial charge < -0.3 is 46.3 Å². The van der Waals surface area contributed by atoms with Crippen LogP contribution in [0.5, 0.6) is 11.5 Å². The van der Waals surface area contributed by atoms with E-state index in [1.54, 1.807) is 9.80 Å². The highest BCUT2D eigenvalue weighted by Gasteiger charge is 2.51. The topological polar surface area (TPSA) is 245 Å². The maximum absolute atomic E-state index is 14.1. The summed E-state index contributed by atoms with van der Waals surface area (Å²) in [5.41, 5.74) is 15.0. The fourth-order valence-corrected chi connectivity index (χ4v) is 21.6. The van der Waals surface area contributed by atoms with Crippen LogP contribution < -0.4 is 31.6 Å². The third-order valence-electron chi connectivity index (χ3n) is 28.1. The first-order valence-corrected chi connectivity index (χ1v) is 46.7. The van der Waals surface area contributed by atoms with E-state index in [1.165, 1.54) is 186 Å². The maximum atomic E-state index is 14.1. The van der Waals surface area contributed by atoms with Crippen molar-refractivity contribution in [2.45, 2.75) is 294 Å². The van der Waals surface area contributed by atoms with Gasteiger partial charge in [-0.15, -0.1) is 0 Å². The monoisotopic (exact) mass is 1650 g/mol. The minimum Gasteiger partial charge on any atom is -0.484 e. The Balaban J connectivity index is 0.000000160. The molecule has 116 heavy (non-hydrogen) atoms. The molecule has 14 rings (SSSR count). The molecule has 0 radical (unpaired) electrons. The van der Waals surface area contributed by atoms with E-state index >= 15 is 0 Å². The molecule has 0 spiro atoms. The zero-order chi connectivity index (χ0) is 81.0. The number of piperidine rings is 2. The molecule has 7 N–H and O–H groups in total. The van der Waals surface area contributed by atoms with Gasteiger partial charge in [0.1, 0.15) is 11.5 Å². The smallest absolute Gasteiger partial charge is 0.315 e. The minimum atomic E-state index is -0.962. The number of amidine groups is 1. The van der Waals surface area contributed by atoms with E-state index in [-0.39, 0.29) is 54.3 Å². The number of likely N-dealkylation sites (tertiary alicyclic amines) is 3. The van der Waals surface area contributed by atoms with E-state index in [9.17, 15) is 24.0 Å². The number of hydrogen-bond acceptors (Lipinski definition) is 12. The van der Waals surface area contributed by atoms with Crippen LogP contribution in [0.1, 0.15) is 287 Å². The van der Waals surface area contributed by atoms with Crippen LogP contribution in [-0.2, 0) is 37.8 Å². The van der Waals surface area contributed by atoms with E-state index in [4.69, 9.17) is 36.3 Å². The van der Waals surface area contributed by atoms with Crippen molar-refractivity contribution >= 4 is 63.3 Å². The van der Waals surface area contributed by atoms with Crippen molar-refractivity contribution in [1.29, 1.82) is 5.41 Å². The van der Waals surface area contributed by atoms with Crippen molar-refractivity contribution in [2.75, 3.05) is 65.6 Å². The summed E-state index contributed by atoms with van der Waals surface area (Å²) in [6.45, 7) is 9.45. The Morgan fingerprint density at radius 1 is 0.517 bits per heavy atom. The van der Waals surface area contributed by atoms with Crippen LogP contribution in [0.25, 0.3) is 0 Å². The molecule has 3 saturated heterocycles. The Labute approximate surface area is 703 Å². The molecule has 5 saturated carbocycles. The van der Waals surface area contributed by atoms with E-state index in [0.29, 0.717) is 92.9 Å². The lowest BCUT2D eigenvalue weighted by molar-refractivity contribution is -0.136. The van der Waals surface area contributed by atoms with Gasteiger partial charge in [-0.05, 0) is 183 Å². The molecule has 5 heterocycles. The van der Waals surface area contributed by atoms with Gasteiger partial charge in [0.25, 0.3) is 17.7 Å². The second kappa shape index (κ2) is 44.5. The SMILES string of the molecule is CCCCNC(=O)NCc1ccc(CN2C(=O)CC(CCC3CCCCC3)(CC3CCCCC3)N=C2N)cc1.N=C1CC(CCC2CCCCC2)(CC2CCCCC2)CN1CC1CCN(C(=O)COc2ccccc2)CC1.NC1=NC(CCC2CCCCC2)(c2cccc(Br)c2)C(=O)N1CC1CCN(C(=O)COc2ccccc2)CC1. The first-order valence-electron chi connectivity index (χ1n) is 45.9. The van der Waals surface area contributed by atoms with E-state index in [1.807, 2.05) is 119 Å². The van der Waals surface area contributed by atoms with Crippen LogP contribution in [0.2, 0.25) is 0 Å². The number of carbonyl (C=O) groups is 5. The Morgan fingerprint density at radius 3 is 1.52 bits per heavy atom. The molecule has 4 aromatic carbocycles. The number of amides is 6. The number of para-hydroxylation sites is 2. The molecule has 5 aliphatic carbocycles. The summed E-state index contributed by atoms with van der Waals surface area (Å²) in [4.78, 5) is 84.8. The molecule has 4 aromatic rings. The number of unbranched alkanes of at least 4 members (excludes halogenated alkanes) is 1. The Hall–Kier alpha value is -7.48. The lowest BCUT2D eigenvalue weighted by atomic mass is 9.69. The molecule has 0 bridgehead atoms. The summed E-state index contributed by atoms with van der Waals surface area (Å²) in [5.74, 6) is 7.99. The number of rotatable bonds is 31. The van der Waals surface area contributed by atoms with Gasteiger partial charge in [-0.1, -0.05) is 263 Å². The highest BCUT2D eigenvalue weighted by atomic mass is 79.9.